The smallest absolute Gasteiger partial charge is 0.310 e. The number of anilines is 1. The van der Waals surface area contributed by atoms with E-state index in [1.807, 2.05) is 44.2 Å². The summed E-state index contributed by atoms with van der Waals surface area (Å²) in [5.41, 5.74) is 10.2. The fraction of sp³-hybridized carbons (Fsp3) is 0.231. The molecule has 0 unspecified atom stereocenters. The summed E-state index contributed by atoms with van der Waals surface area (Å²) in [6.45, 7) is 6.47. The lowest BCUT2D eigenvalue weighted by molar-refractivity contribution is -0.142. The first-order chi connectivity index (χ1) is 16.6. The van der Waals surface area contributed by atoms with Crippen LogP contribution in [0.1, 0.15) is 42.3 Å². The fourth-order valence-electron chi connectivity index (χ4n) is 3.44. The van der Waals surface area contributed by atoms with Crippen LogP contribution in [0.2, 0.25) is 0 Å². The number of benzene rings is 2. The first-order valence-corrected chi connectivity index (χ1v) is 11.3. The van der Waals surface area contributed by atoms with Crippen molar-refractivity contribution in [2.75, 3.05) is 11.9 Å². The van der Waals surface area contributed by atoms with Gasteiger partial charge >= 0.3 is 5.97 Å². The minimum absolute atomic E-state index is 0.0660. The predicted molar refractivity (Wildman–Crippen MR) is 132 cm³/mol. The Balaban J connectivity index is 0.00000158. The number of carbonyl (C=O) groups is 2. The van der Waals surface area contributed by atoms with Crippen molar-refractivity contribution >= 4 is 23.2 Å². The summed E-state index contributed by atoms with van der Waals surface area (Å²) in [6.07, 6.45) is 3.35. The van der Waals surface area contributed by atoms with Gasteiger partial charge in [-0.05, 0) is 36.2 Å². The van der Waals surface area contributed by atoms with Crippen molar-refractivity contribution in [2.45, 2.75) is 33.7 Å². The zero-order valence-corrected chi connectivity index (χ0v) is 19.6. The van der Waals surface area contributed by atoms with Crippen LogP contribution in [0.3, 0.4) is 0 Å². The number of para-hydroxylation sites is 1. The molecule has 1 amide bonds. The number of rotatable bonds is 7. The molecule has 2 heterocycles. The van der Waals surface area contributed by atoms with E-state index >= 15 is 0 Å². The molecule has 0 saturated heterocycles. The summed E-state index contributed by atoms with van der Waals surface area (Å²) < 4.78 is 6.61. The van der Waals surface area contributed by atoms with Crippen LogP contribution in [0.5, 0.6) is 0 Å². The van der Waals surface area contributed by atoms with E-state index in [4.69, 9.17) is 10.5 Å². The van der Waals surface area contributed by atoms with Gasteiger partial charge in [-0.15, -0.1) is 0 Å². The van der Waals surface area contributed by atoms with Gasteiger partial charge in [0.05, 0.1) is 24.3 Å². The summed E-state index contributed by atoms with van der Waals surface area (Å²) in [5, 5.41) is 7.49. The van der Waals surface area contributed by atoms with E-state index in [1.54, 1.807) is 48.1 Å². The molecule has 2 aromatic heterocycles. The average molecular weight is 460 g/mol. The highest BCUT2D eigenvalue weighted by molar-refractivity contribution is 6.09. The molecule has 8 nitrogen and oxygen atoms in total. The summed E-state index contributed by atoms with van der Waals surface area (Å²) in [6, 6.07) is 16.6. The topological polar surface area (TPSA) is 112 Å². The predicted octanol–water partition coefficient (Wildman–Crippen LogP) is 4.24. The fourth-order valence-corrected chi connectivity index (χ4v) is 3.44. The van der Waals surface area contributed by atoms with Crippen molar-refractivity contribution < 1.29 is 14.3 Å². The molecule has 34 heavy (non-hydrogen) atoms. The number of hydrogen-bond acceptors (Lipinski definition) is 6. The van der Waals surface area contributed by atoms with Crippen LogP contribution in [0.25, 0.3) is 16.9 Å². The van der Waals surface area contributed by atoms with Gasteiger partial charge in [-0.3, -0.25) is 9.59 Å². The Labute approximate surface area is 198 Å². The third-order valence-electron chi connectivity index (χ3n) is 4.97. The van der Waals surface area contributed by atoms with Crippen molar-refractivity contribution in [1.29, 1.82) is 0 Å². The van der Waals surface area contributed by atoms with Gasteiger partial charge in [-0.2, -0.15) is 5.10 Å². The standard InChI is InChI=1S/C24H23N5O3.C2H6/c1-2-32-22(30)13-18-7-3-4-9-20(18)27-24(31)19-14-21(28-29-11-10-26-23(19)29)17-8-5-6-16(12-17)15-25;1-2/h3-12,14H,2,13,15,25H2,1H3,(H,27,31);1-2H3. The van der Waals surface area contributed by atoms with Gasteiger partial charge in [0.1, 0.15) is 0 Å². The second-order valence-corrected chi connectivity index (χ2v) is 7.14. The van der Waals surface area contributed by atoms with E-state index in [0.29, 0.717) is 41.3 Å². The molecule has 4 aromatic rings. The van der Waals surface area contributed by atoms with Crippen molar-refractivity contribution in [1.82, 2.24) is 14.6 Å². The van der Waals surface area contributed by atoms with E-state index < -0.39 is 0 Å². The number of fused-ring (bicyclic) bond motifs is 1. The number of esters is 1. The molecule has 0 fully saturated rings. The van der Waals surface area contributed by atoms with Gasteiger partial charge in [-0.25, -0.2) is 9.50 Å². The molecule has 0 saturated carbocycles. The van der Waals surface area contributed by atoms with E-state index in [2.05, 4.69) is 15.4 Å². The third-order valence-corrected chi connectivity index (χ3v) is 4.97. The Morgan fingerprint density at radius 2 is 1.88 bits per heavy atom. The Bertz CT molecular complexity index is 1280. The van der Waals surface area contributed by atoms with Gasteiger partial charge in [0.15, 0.2) is 5.65 Å². The first kappa shape index (κ1) is 24.6. The van der Waals surface area contributed by atoms with Crippen molar-refractivity contribution in [3.05, 3.63) is 83.7 Å². The molecule has 0 bridgehead atoms. The van der Waals surface area contributed by atoms with Crippen LogP contribution in [0.15, 0.2) is 67.0 Å². The maximum absolute atomic E-state index is 13.3. The quantitative estimate of drug-likeness (QED) is 0.400. The zero-order valence-electron chi connectivity index (χ0n) is 19.6. The minimum atomic E-state index is -0.351. The number of amides is 1. The first-order valence-electron chi connectivity index (χ1n) is 11.3. The van der Waals surface area contributed by atoms with Gasteiger partial charge < -0.3 is 15.8 Å². The number of nitrogens with zero attached hydrogens (tertiary/aromatic N) is 3. The van der Waals surface area contributed by atoms with E-state index in [1.165, 1.54) is 0 Å². The number of ether oxygens (including phenoxy) is 1. The van der Waals surface area contributed by atoms with Gasteiger partial charge in [0.2, 0.25) is 0 Å². The molecular formula is C26H29N5O3. The highest BCUT2D eigenvalue weighted by Gasteiger charge is 2.18. The summed E-state index contributed by atoms with van der Waals surface area (Å²) in [4.78, 5) is 29.5. The molecule has 0 aliphatic heterocycles. The van der Waals surface area contributed by atoms with Gasteiger partial charge in [-0.1, -0.05) is 50.2 Å². The Morgan fingerprint density at radius 1 is 1.09 bits per heavy atom. The molecule has 4 rings (SSSR count). The lowest BCUT2D eigenvalue weighted by Gasteiger charge is -2.12. The Morgan fingerprint density at radius 3 is 2.65 bits per heavy atom. The Kier molecular flexibility index (Phi) is 8.48. The van der Waals surface area contributed by atoms with Crippen LogP contribution in [0, 0.1) is 0 Å². The molecule has 0 radical (unpaired) electrons. The summed E-state index contributed by atoms with van der Waals surface area (Å²) in [5.74, 6) is -0.702. The lowest BCUT2D eigenvalue weighted by Crippen LogP contribution is -2.17. The summed E-state index contributed by atoms with van der Waals surface area (Å²) in [7, 11) is 0. The number of hydrogen-bond donors (Lipinski definition) is 2. The molecule has 3 N–H and O–H groups in total. The maximum atomic E-state index is 13.3. The highest BCUT2D eigenvalue weighted by Crippen LogP contribution is 2.23. The van der Waals surface area contributed by atoms with E-state index in [0.717, 1.165) is 11.1 Å². The number of nitrogens with one attached hydrogen (secondary N) is 1. The molecule has 8 heteroatoms. The zero-order chi connectivity index (χ0) is 24.5. The molecule has 0 spiro atoms. The molecule has 2 aromatic carbocycles. The minimum Gasteiger partial charge on any atom is -0.466 e. The average Bonchev–Trinajstić information content (AvgIpc) is 3.35. The van der Waals surface area contributed by atoms with Crippen LogP contribution in [-0.2, 0) is 22.5 Å². The largest absolute Gasteiger partial charge is 0.466 e. The number of imidazole rings is 1. The molecule has 0 atom stereocenters. The van der Waals surface area contributed by atoms with Crippen LogP contribution in [0.4, 0.5) is 5.69 Å². The molecule has 0 aliphatic rings. The highest BCUT2D eigenvalue weighted by atomic mass is 16.5. The van der Waals surface area contributed by atoms with Crippen LogP contribution >= 0.6 is 0 Å². The van der Waals surface area contributed by atoms with Crippen molar-refractivity contribution in [3.63, 3.8) is 0 Å². The lowest BCUT2D eigenvalue weighted by atomic mass is 10.1. The number of carbonyl (C=O) groups excluding carboxylic acids is 2. The monoisotopic (exact) mass is 459 g/mol. The second-order valence-electron chi connectivity index (χ2n) is 7.14. The number of nitrogens with two attached hydrogens (primary N) is 1. The summed E-state index contributed by atoms with van der Waals surface area (Å²) >= 11 is 0. The van der Waals surface area contributed by atoms with Gasteiger partial charge in [0.25, 0.3) is 5.91 Å². The molecular weight excluding hydrogens is 430 g/mol. The normalized spacial score (nSPS) is 10.4. The number of aromatic nitrogens is 3. The van der Waals surface area contributed by atoms with Gasteiger partial charge in [0, 0.05) is 30.2 Å². The maximum Gasteiger partial charge on any atom is 0.310 e. The molecule has 176 valence electrons. The molecule has 0 aliphatic carbocycles. The van der Waals surface area contributed by atoms with E-state index in [-0.39, 0.29) is 18.3 Å². The van der Waals surface area contributed by atoms with Crippen LogP contribution < -0.4 is 11.1 Å². The van der Waals surface area contributed by atoms with Crippen molar-refractivity contribution in [2.24, 2.45) is 5.73 Å². The SMILES string of the molecule is CC.CCOC(=O)Cc1ccccc1NC(=O)c1cc(-c2cccc(CN)c2)nn2ccnc12. The van der Waals surface area contributed by atoms with Crippen LogP contribution in [-0.4, -0.2) is 33.1 Å². The van der Waals surface area contributed by atoms with Crippen molar-refractivity contribution in [3.8, 4) is 11.3 Å². The third kappa shape index (κ3) is 5.65. The van der Waals surface area contributed by atoms with E-state index in [9.17, 15) is 9.59 Å². The Hall–Kier alpha value is -4.04. The second kappa shape index (κ2) is 11.7.